The van der Waals surface area contributed by atoms with Crippen LogP contribution in [0.4, 0.5) is 0 Å². The summed E-state index contributed by atoms with van der Waals surface area (Å²) in [6, 6.07) is 21.2. The van der Waals surface area contributed by atoms with Gasteiger partial charge in [-0.15, -0.1) is 6.58 Å². The van der Waals surface area contributed by atoms with E-state index in [9.17, 15) is 0 Å². The largest absolute Gasteiger partial charge is 0.322 e. The molecule has 0 atom stereocenters. The molecule has 2 heteroatoms. The van der Waals surface area contributed by atoms with E-state index < -0.39 is 0 Å². The van der Waals surface area contributed by atoms with Gasteiger partial charge in [-0.05, 0) is 23.8 Å². The van der Waals surface area contributed by atoms with Gasteiger partial charge < -0.3 is 8.97 Å². The Labute approximate surface area is 123 Å². The standard InChI is InChI=1S/C19H16N2/c1-2-12-20-17-10-6-7-11-18(17)21-14-16(13-19(20)21)15-8-4-3-5-9-15/h2-11,13-14H,1,12H2. The monoisotopic (exact) mass is 272 g/mol. The maximum atomic E-state index is 3.88. The second-order valence-corrected chi connectivity index (χ2v) is 5.21. The topological polar surface area (TPSA) is 9.34 Å². The average Bonchev–Trinajstić information content (AvgIpc) is 3.08. The molecule has 4 aromatic rings. The number of rotatable bonds is 3. The van der Waals surface area contributed by atoms with Crippen LogP contribution in [0.1, 0.15) is 0 Å². The molecule has 0 aliphatic carbocycles. The predicted octanol–water partition coefficient (Wildman–Crippen LogP) is 4.75. The molecule has 0 unspecified atom stereocenters. The van der Waals surface area contributed by atoms with Gasteiger partial charge in [0.05, 0.1) is 11.0 Å². The number of hydrogen-bond acceptors (Lipinski definition) is 0. The first kappa shape index (κ1) is 12.0. The summed E-state index contributed by atoms with van der Waals surface area (Å²) in [5.74, 6) is 0. The van der Waals surface area contributed by atoms with E-state index in [-0.39, 0.29) is 0 Å². The first-order valence-corrected chi connectivity index (χ1v) is 7.14. The van der Waals surface area contributed by atoms with Gasteiger partial charge in [-0.25, -0.2) is 0 Å². The number of para-hydroxylation sites is 2. The Balaban J connectivity index is 2.03. The van der Waals surface area contributed by atoms with Gasteiger partial charge in [-0.1, -0.05) is 48.5 Å². The van der Waals surface area contributed by atoms with E-state index in [1.165, 1.54) is 27.8 Å². The lowest BCUT2D eigenvalue weighted by Crippen LogP contribution is -1.93. The fraction of sp³-hybridized carbons (Fsp3) is 0.0526. The fourth-order valence-corrected chi connectivity index (χ4v) is 2.98. The highest BCUT2D eigenvalue weighted by atomic mass is 15.1. The lowest BCUT2D eigenvalue weighted by Gasteiger charge is -2.01. The summed E-state index contributed by atoms with van der Waals surface area (Å²) >= 11 is 0. The SMILES string of the molecule is C=CCn1c2ccccc2n2cc(-c3ccccc3)cc12. The molecule has 21 heavy (non-hydrogen) atoms. The number of benzene rings is 2. The van der Waals surface area contributed by atoms with Gasteiger partial charge in [0.15, 0.2) is 0 Å². The molecule has 0 radical (unpaired) electrons. The molecule has 0 saturated carbocycles. The number of fused-ring (bicyclic) bond motifs is 3. The maximum absolute atomic E-state index is 3.88. The zero-order valence-corrected chi connectivity index (χ0v) is 11.7. The van der Waals surface area contributed by atoms with Crippen molar-refractivity contribution >= 4 is 16.7 Å². The lowest BCUT2D eigenvalue weighted by atomic mass is 10.1. The van der Waals surface area contributed by atoms with Crippen molar-refractivity contribution in [3.8, 4) is 11.1 Å². The fourth-order valence-electron chi connectivity index (χ4n) is 2.98. The summed E-state index contributed by atoms with van der Waals surface area (Å²) in [6.07, 6.45) is 4.16. The third-order valence-electron chi connectivity index (χ3n) is 3.93. The van der Waals surface area contributed by atoms with Crippen molar-refractivity contribution in [2.75, 3.05) is 0 Å². The highest BCUT2D eigenvalue weighted by molar-refractivity contribution is 5.84. The Bertz CT molecular complexity index is 926. The molecule has 2 aromatic carbocycles. The Morgan fingerprint density at radius 2 is 1.57 bits per heavy atom. The van der Waals surface area contributed by atoms with Gasteiger partial charge in [0.2, 0.25) is 0 Å². The van der Waals surface area contributed by atoms with Gasteiger partial charge in [-0.3, -0.25) is 0 Å². The molecule has 0 saturated heterocycles. The van der Waals surface area contributed by atoms with Crippen molar-refractivity contribution in [3.05, 3.63) is 79.5 Å². The Morgan fingerprint density at radius 3 is 2.33 bits per heavy atom. The number of allylic oxidation sites excluding steroid dienone is 1. The minimum atomic E-state index is 0.815. The van der Waals surface area contributed by atoms with Crippen LogP contribution in [0.3, 0.4) is 0 Å². The third kappa shape index (κ3) is 1.80. The van der Waals surface area contributed by atoms with Crippen LogP contribution in [-0.2, 0) is 6.54 Å². The minimum Gasteiger partial charge on any atom is -0.322 e. The highest BCUT2D eigenvalue weighted by Crippen LogP contribution is 2.28. The van der Waals surface area contributed by atoms with Crippen LogP contribution in [0, 0.1) is 0 Å². The zero-order valence-electron chi connectivity index (χ0n) is 11.7. The molecular weight excluding hydrogens is 256 g/mol. The van der Waals surface area contributed by atoms with Gasteiger partial charge in [0, 0.05) is 18.3 Å². The molecule has 0 amide bonds. The molecule has 2 nitrogen and oxygen atoms in total. The van der Waals surface area contributed by atoms with E-state index in [0.29, 0.717) is 0 Å². The molecule has 0 bridgehead atoms. The van der Waals surface area contributed by atoms with Gasteiger partial charge in [-0.2, -0.15) is 0 Å². The molecule has 0 aliphatic rings. The summed E-state index contributed by atoms with van der Waals surface area (Å²) < 4.78 is 4.57. The van der Waals surface area contributed by atoms with Crippen molar-refractivity contribution in [2.24, 2.45) is 0 Å². The smallest absolute Gasteiger partial charge is 0.118 e. The van der Waals surface area contributed by atoms with Crippen LogP contribution in [0.5, 0.6) is 0 Å². The number of aromatic nitrogens is 2. The van der Waals surface area contributed by atoms with E-state index in [0.717, 1.165) is 6.54 Å². The Kier molecular flexibility index (Phi) is 2.68. The predicted molar refractivity (Wildman–Crippen MR) is 88.5 cm³/mol. The van der Waals surface area contributed by atoms with Crippen LogP contribution in [-0.4, -0.2) is 8.97 Å². The van der Waals surface area contributed by atoms with Crippen LogP contribution < -0.4 is 0 Å². The normalized spacial score (nSPS) is 11.2. The number of nitrogens with zero attached hydrogens (tertiary/aromatic N) is 2. The van der Waals surface area contributed by atoms with Crippen LogP contribution >= 0.6 is 0 Å². The molecule has 0 N–H and O–H groups in total. The molecule has 102 valence electrons. The molecule has 0 aliphatic heterocycles. The summed E-state index contributed by atoms with van der Waals surface area (Å²) in [6.45, 7) is 4.70. The van der Waals surface area contributed by atoms with Crippen molar-refractivity contribution < 1.29 is 0 Å². The maximum Gasteiger partial charge on any atom is 0.118 e. The van der Waals surface area contributed by atoms with Crippen molar-refractivity contribution in [2.45, 2.75) is 6.54 Å². The number of imidazole rings is 1. The van der Waals surface area contributed by atoms with Crippen molar-refractivity contribution in [3.63, 3.8) is 0 Å². The first-order chi connectivity index (χ1) is 10.4. The molecule has 2 aromatic heterocycles. The minimum absolute atomic E-state index is 0.815. The van der Waals surface area contributed by atoms with Crippen molar-refractivity contribution in [1.29, 1.82) is 0 Å². The number of hydrogen-bond donors (Lipinski definition) is 0. The highest BCUT2D eigenvalue weighted by Gasteiger charge is 2.11. The molecule has 2 heterocycles. The van der Waals surface area contributed by atoms with Gasteiger partial charge in [0.25, 0.3) is 0 Å². The summed E-state index contributed by atoms with van der Waals surface area (Å²) in [4.78, 5) is 0. The van der Waals surface area contributed by atoms with Crippen molar-refractivity contribution in [1.82, 2.24) is 8.97 Å². The zero-order chi connectivity index (χ0) is 14.2. The van der Waals surface area contributed by atoms with E-state index in [4.69, 9.17) is 0 Å². The van der Waals surface area contributed by atoms with E-state index in [2.05, 4.69) is 76.3 Å². The molecule has 0 fully saturated rings. The van der Waals surface area contributed by atoms with Crippen LogP contribution in [0.2, 0.25) is 0 Å². The van der Waals surface area contributed by atoms with Crippen LogP contribution in [0.15, 0.2) is 79.5 Å². The first-order valence-electron chi connectivity index (χ1n) is 7.14. The summed E-state index contributed by atoms with van der Waals surface area (Å²) in [7, 11) is 0. The molecule has 0 spiro atoms. The molecule has 4 rings (SSSR count). The Hall–Kier alpha value is -2.74. The lowest BCUT2D eigenvalue weighted by molar-refractivity contribution is 0.889. The quantitative estimate of drug-likeness (QED) is 0.476. The van der Waals surface area contributed by atoms with E-state index >= 15 is 0 Å². The molecular formula is C19H16N2. The van der Waals surface area contributed by atoms with E-state index in [1.807, 2.05) is 12.1 Å². The average molecular weight is 272 g/mol. The van der Waals surface area contributed by atoms with Gasteiger partial charge in [0.1, 0.15) is 5.65 Å². The summed E-state index contributed by atoms with van der Waals surface area (Å²) in [5.41, 5.74) is 6.17. The third-order valence-corrected chi connectivity index (χ3v) is 3.93. The second kappa shape index (κ2) is 4.67. The summed E-state index contributed by atoms with van der Waals surface area (Å²) in [5, 5.41) is 0. The second-order valence-electron chi connectivity index (χ2n) is 5.21. The van der Waals surface area contributed by atoms with Gasteiger partial charge >= 0.3 is 0 Å². The van der Waals surface area contributed by atoms with Crippen LogP contribution in [0.25, 0.3) is 27.8 Å². The Morgan fingerprint density at radius 1 is 0.857 bits per heavy atom. The van der Waals surface area contributed by atoms with E-state index in [1.54, 1.807) is 0 Å².